The third-order valence-corrected chi connectivity index (χ3v) is 5.61. The normalized spacial score (nSPS) is 17.1. The highest BCUT2D eigenvalue weighted by Crippen LogP contribution is 2.28. The second kappa shape index (κ2) is 8.41. The maximum Gasteiger partial charge on any atom is 0.274 e. The van der Waals surface area contributed by atoms with Gasteiger partial charge in [-0.3, -0.25) is 9.89 Å². The molecule has 0 radical (unpaired) electrons. The summed E-state index contributed by atoms with van der Waals surface area (Å²) in [4.78, 5) is 19.2. The van der Waals surface area contributed by atoms with E-state index in [-0.39, 0.29) is 11.8 Å². The van der Waals surface area contributed by atoms with Crippen LogP contribution in [0.1, 0.15) is 71.9 Å². The van der Waals surface area contributed by atoms with Gasteiger partial charge in [0.25, 0.3) is 5.91 Å². The van der Waals surface area contributed by atoms with E-state index in [4.69, 9.17) is 16.0 Å². The van der Waals surface area contributed by atoms with Crippen molar-refractivity contribution in [1.29, 1.82) is 0 Å². The smallest absolute Gasteiger partial charge is 0.274 e. The largest absolute Gasteiger partial charge is 0.445 e. The van der Waals surface area contributed by atoms with Crippen molar-refractivity contribution in [3.05, 3.63) is 70.2 Å². The molecule has 1 atom stereocenters. The summed E-state index contributed by atoms with van der Waals surface area (Å²) in [5.41, 5.74) is 2.57. The van der Waals surface area contributed by atoms with Gasteiger partial charge in [-0.1, -0.05) is 37.6 Å². The highest BCUT2D eigenvalue weighted by molar-refractivity contribution is 6.30. The van der Waals surface area contributed by atoms with Crippen LogP contribution in [0.15, 0.2) is 40.9 Å². The zero-order chi connectivity index (χ0) is 20.4. The summed E-state index contributed by atoms with van der Waals surface area (Å²) in [7, 11) is 0. The molecule has 0 bridgehead atoms. The number of aromatic amines is 1. The number of carbonyl (C=O) groups excluding carboxylic acids is 1. The second-order valence-corrected chi connectivity index (χ2v) is 8.36. The fraction of sp³-hybridized carbons (Fsp3) is 0.409. The number of hydrogen-bond donors (Lipinski definition) is 1. The van der Waals surface area contributed by atoms with Crippen LogP contribution in [-0.4, -0.2) is 39.1 Å². The van der Waals surface area contributed by atoms with Crippen LogP contribution in [0.2, 0.25) is 5.02 Å². The molecule has 1 aromatic carbocycles. The number of H-pyrrole nitrogens is 1. The van der Waals surface area contributed by atoms with Gasteiger partial charge in [-0.2, -0.15) is 5.10 Å². The van der Waals surface area contributed by atoms with Crippen LogP contribution in [0.25, 0.3) is 0 Å². The molecular weight excluding hydrogens is 388 g/mol. The maximum atomic E-state index is 12.9. The number of halogens is 1. The zero-order valence-corrected chi connectivity index (χ0v) is 17.4. The molecule has 7 heteroatoms. The third kappa shape index (κ3) is 4.53. The molecule has 152 valence electrons. The Morgan fingerprint density at radius 1 is 1.34 bits per heavy atom. The van der Waals surface area contributed by atoms with Gasteiger partial charge >= 0.3 is 0 Å². The quantitative estimate of drug-likeness (QED) is 0.654. The number of rotatable bonds is 5. The van der Waals surface area contributed by atoms with Gasteiger partial charge in [-0.25, -0.2) is 4.98 Å². The maximum absolute atomic E-state index is 12.9. The lowest BCUT2D eigenvalue weighted by Gasteiger charge is -2.30. The molecule has 0 unspecified atom stereocenters. The Hall–Kier alpha value is -2.60. The van der Waals surface area contributed by atoms with E-state index in [0.717, 1.165) is 41.4 Å². The number of carbonyl (C=O) groups is 1. The summed E-state index contributed by atoms with van der Waals surface area (Å²) < 4.78 is 6.02. The predicted molar refractivity (Wildman–Crippen MR) is 111 cm³/mol. The molecule has 1 fully saturated rings. The van der Waals surface area contributed by atoms with Gasteiger partial charge in [-0.05, 0) is 42.5 Å². The Morgan fingerprint density at radius 2 is 2.14 bits per heavy atom. The first-order valence-electron chi connectivity index (χ1n) is 10.0. The highest BCUT2D eigenvalue weighted by Gasteiger charge is 2.29. The average molecular weight is 413 g/mol. The van der Waals surface area contributed by atoms with E-state index in [0.29, 0.717) is 30.5 Å². The summed E-state index contributed by atoms with van der Waals surface area (Å²) in [6, 6.07) is 9.57. The Bertz CT molecular complexity index is 977. The SMILES string of the molecule is CC(C)c1cc(C(=O)N2CCC[C@@H](c3ncc(Cc4ccc(Cl)cc4)o3)C2)n[nH]1. The number of nitrogens with one attached hydrogen (secondary N) is 1. The van der Waals surface area contributed by atoms with Crippen molar-refractivity contribution in [1.82, 2.24) is 20.1 Å². The average Bonchev–Trinajstić information content (AvgIpc) is 3.39. The van der Waals surface area contributed by atoms with Gasteiger partial charge in [0, 0.05) is 30.2 Å². The van der Waals surface area contributed by atoms with Crippen molar-refractivity contribution in [2.75, 3.05) is 13.1 Å². The molecule has 1 amide bonds. The summed E-state index contributed by atoms with van der Waals surface area (Å²) >= 11 is 5.95. The molecule has 29 heavy (non-hydrogen) atoms. The minimum absolute atomic E-state index is 0.0363. The van der Waals surface area contributed by atoms with E-state index in [1.54, 1.807) is 6.20 Å². The van der Waals surface area contributed by atoms with Crippen LogP contribution >= 0.6 is 11.6 Å². The van der Waals surface area contributed by atoms with Gasteiger partial charge in [0.15, 0.2) is 5.89 Å². The fourth-order valence-corrected chi connectivity index (χ4v) is 3.79. The molecule has 1 saturated heterocycles. The van der Waals surface area contributed by atoms with E-state index < -0.39 is 0 Å². The van der Waals surface area contributed by atoms with Gasteiger partial charge in [0.1, 0.15) is 11.5 Å². The summed E-state index contributed by atoms with van der Waals surface area (Å²) in [5, 5.41) is 7.88. The van der Waals surface area contributed by atoms with Crippen LogP contribution in [0.4, 0.5) is 0 Å². The first-order chi connectivity index (χ1) is 14.0. The van der Waals surface area contributed by atoms with Crippen molar-refractivity contribution in [2.24, 2.45) is 0 Å². The molecule has 3 heterocycles. The first kappa shape index (κ1) is 19.7. The van der Waals surface area contributed by atoms with Crippen molar-refractivity contribution < 1.29 is 9.21 Å². The molecule has 6 nitrogen and oxygen atoms in total. The Labute approximate surface area is 175 Å². The van der Waals surface area contributed by atoms with Gasteiger partial charge in [0.2, 0.25) is 0 Å². The van der Waals surface area contributed by atoms with E-state index in [9.17, 15) is 4.79 Å². The van der Waals surface area contributed by atoms with Crippen molar-refractivity contribution in [2.45, 2.75) is 44.9 Å². The summed E-state index contributed by atoms with van der Waals surface area (Å²) in [6.07, 6.45) is 4.34. The lowest BCUT2D eigenvalue weighted by Crippen LogP contribution is -2.39. The molecule has 0 saturated carbocycles. The molecule has 1 aliphatic heterocycles. The van der Waals surface area contributed by atoms with E-state index in [2.05, 4.69) is 29.0 Å². The summed E-state index contributed by atoms with van der Waals surface area (Å²) in [5.74, 6) is 1.90. The van der Waals surface area contributed by atoms with Gasteiger partial charge in [0.05, 0.1) is 12.1 Å². The van der Waals surface area contributed by atoms with E-state index in [1.807, 2.05) is 35.2 Å². The molecule has 1 N–H and O–H groups in total. The van der Waals surface area contributed by atoms with E-state index >= 15 is 0 Å². The lowest BCUT2D eigenvalue weighted by atomic mass is 9.97. The standard InChI is InChI=1S/C22H25ClN4O2/c1-14(2)19-11-20(26-25-19)22(28)27-9-3-4-16(13-27)21-24-12-18(29-21)10-15-5-7-17(23)8-6-15/h5-8,11-12,14,16H,3-4,9-10,13H2,1-2H3,(H,25,26)/t16-/m1/s1. The molecule has 3 aromatic rings. The summed E-state index contributed by atoms with van der Waals surface area (Å²) in [6.45, 7) is 5.48. The Morgan fingerprint density at radius 3 is 2.86 bits per heavy atom. The molecule has 0 spiro atoms. The number of likely N-dealkylation sites (tertiary alicyclic amines) is 1. The Balaban J connectivity index is 1.42. The fourth-order valence-electron chi connectivity index (χ4n) is 3.66. The van der Waals surface area contributed by atoms with Gasteiger partial charge < -0.3 is 9.32 Å². The van der Waals surface area contributed by atoms with Crippen molar-refractivity contribution in [3.8, 4) is 0 Å². The van der Waals surface area contributed by atoms with Crippen molar-refractivity contribution >= 4 is 17.5 Å². The first-order valence-corrected chi connectivity index (χ1v) is 10.4. The zero-order valence-electron chi connectivity index (χ0n) is 16.7. The number of nitrogens with zero attached hydrogens (tertiary/aromatic N) is 3. The topological polar surface area (TPSA) is 75.0 Å². The van der Waals surface area contributed by atoms with Crippen LogP contribution < -0.4 is 0 Å². The highest BCUT2D eigenvalue weighted by atomic mass is 35.5. The predicted octanol–water partition coefficient (Wildman–Crippen LogP) is 4.79. The monoisotopic (exact) mass is 412 g/mol. The Kier molecular flexibility index (Phi) is 5.72. The molecule has 0 aliphatic carbocycles. The number of amides is 1. The van der Waals surface area contributed by atoms with Crippen molar-refractivity contribution in [3.63, 3.8) is 0 Å². The van der Waals surface area contributed by atoms with Crippen LogP contribution in [0.3, 0.4) is 0 Å². The number of piperidine rings is 1. The number of oxazole rings is 1. The van der Waals surface area contributed by atoms with Gasteiger partial charge in [-0.15, -0.1) is 0 Å². The molecule has 1 aliphatic rings. The van der Waals surface area contributed by atoms with E-state index in [1.165, 1.54) is 0 Å². The molecule has 2 aromatic heterocycles. The van der Waals surface area contributed by atoms with Crippen LogP contribution in [-0.2, 0) is 6.42 Å². The number of aromatic nitrogens is 3. The van der Waals surface area contributed by atoms with Crippen LogP contribution in [0.5, 0.6) is 0 Å². The second-order valence-electron chi connectivity index (χ2n) is 7.92. The minimum Gasteiger partial charge on any atom is -0.445 e. The number of hydrogen-bond acceptors (Lipinski definition) is 4. The molecular formula is C22H25ClN4O2. The molecule has 4 rings (SSSR count). The lowest BCUT2D eigenvalue weighted by molar-refractivity contribution is 0.0692. The minimum atomic E-state index is -0.0363. The number of benzene rings is 1. The third-order valence-electron chi connectivity index (χ3n) is 5.36. The van der Waals surface area contributed by atoms with Crippen LogP contribution in [0, 0.1) is 0 Å².